The van der Waals surface area contributed by atoms with Crippen molar-refractivity contribution in [1.29, 1.82) is 0 Å². The van der Waals surface area contributed by atoms with Crippen LogP contribution in [0.1, 0.15) is 16.7 Å². The van der Waals surface area contributed by atoms with Crippen LogP contribution in [-0.4, -0.2) is 12.6 Å². The van der Waals surface area contributed by atoms with E-state index in [1.807, 2.05) is 32.9 Å². The summed E-state index contributed by atoms with van der Waals surface area (Å²) in [5.74, 6) is 0.608. The van der Waals surface area contributed by atoms with Gasteiger partial charge in [0.15, 0.2) is 6.61 Å². The average Bonchev–Trinajstić information content (AvgIpc) is 2.45. The van der Waals surface area contributed by atoms with E-state index >= 15 is 0 Å². The predicted molar refractivity (Wildman–Crippen MR) is 90.9 cm³/mol. The van der Waals surface area contributed by atoms with Crippen molar-refractivity contribution in [2.75, 3.05) is 6.61 Å². The number of hydrogen-bond acceptors (Lipinski definition) is 3. The number of hydrogen-bond donors (Lipinski definition) is 0. The van der Waals surface area contributed by atoms with Gasteiger partial charge in [-0.3, -0.25) is 0 Å². The molecule has 0 saturated heterocycles. The van der Waals surface area contributed by atoms with Crippen LogP contribution in [0.4, 0.5) is 0 Å². The number of rotatable bonds is 4. The van der Waals surface area contributed by atoms with E-state index in [0.29, 0.717) is 16.5 Å². The summed E-state index contributed by atoms with van der Waals surface area (Å²) in [5.41, 5.74) is 2.90. The molecule has 2 aromatic carbocycles. The molecule has 0 bridgehead atoms. The van der Waals surface area contributed by atoms with Crippen LogP contribution in [0, 0.1) is 20.8 Å². The Morgan fingerprint density at radius 3 is 2.36 bits per heavy atom. The van der Waals surface area contributed by atoms with Crippen LogP contribution in [0.15, 0.2) is 34.8 Å². The van der Waals surface area contributed by atoms with Gasteiger partial charge in [-0.15, -0.1) is 0 Å². The van der Waals surface area contributed by atoms with E-state index < -0.39 is 5.97 Å². The molecule has 116 valence electrons. The zero-order valence-corrected chi connectivity index (χ0v) is 14.9. The highest BCUT2D eigenvalue weighted by Gasteiger charge is 2.10. The third-order valence-electron chi connectivity index (χ3n) is 3.08. The molecule has 0 N–H and O–H groups in total. The molecule has 0 heterocycles. The van der Waals surface area contributed by atoms with E-state index in [1.54, 1.807) is 18.2 Å². The Bertz CT molecular complexity index is 690. The van der Waals surface area contributed by atoms with Gasteiger partial charge in [0, 0.05) is 5.02 Å². The molecule has 0 aromatic heterocycles. The molecule has 0 radical (unpaired) electrons. The third kappa shape index (κ3) is 4.24. The molecule has 5 heteroatoms. The summed E-state index contributed by atoms with van der Waals surface area (Å²) in [7, 11) is 0. The van der Waals surface area contributed by atoms with Gasteiger partial charge < -0.3 is 9.47 Å². The van der Waals surface area contributed by atoms with E-state index in [0.717, 1.165) is 21.2 Å². The molecule has 0 saturated carbocycles. The summed E-state index contributed by atoms with van der Waals surface area (Å²) < 4.78 is 11.5. The Morgan fingerprint density at radius 1 is 1.14 bits per heavy atom. The van der Waals surface area contributed by atoms with Crippen LogP contribution in [0.25, 0.3) is 0 Å². The molecule has 0 amide bonds. The number of carbonyl (C=O) groups is 1. The smallest absolute Gasteiger partial charge is 0.349 e. The molecule has 0 spiro atoms. The minimum atomic E-state index is -0.463. The molecular formula is C17H16BrClO3. The topological polar surface area (TPSA) is 35.5 Å². The highest BCUT2D eigenvalue weighted by molar-refractivity contribution is 9.10. The van der Waals surface area contributed by atoms with Crippen molar-refractivity contribution >= 4 is 33.5 Å². The number of aryl methyl sites for hydroxylation is 3. The van der Waals surface area contributed by atoms with Crippen molar-refractivity contribution in [3.05, 3.63) is 56.5 Å². The lowest BCUT2D eigenvalue weighted by Gasteiger charge is -2.10. The minimum absolute atomic E-state index is 0.166. The maximum absolute atomic E-state index is 11.9. The van der Waals surface area contributed by atoms with Gasteiger partial charge in [0.05, 0.1) is 4.47 Å². The largest absolute Gasteiger partial charge is 0.482 e. The first-order valence-corrected chi connectivity index (χ1v) is 7.90. The lowest BCUT2D eigenvalue weighted by molar-refractivity contribution is -0.136. The van der Waals surface area contributed by atoms with Gasteiger partial charge >= 0.3 is 5.97 Å². The summed E-state index contributed by atoms with van der Waals surface area (Å²) in [6, 6.07) is 9.10. The number of esters is 1. The molecule has 2 rings (SSSR count). The Morgan fingerprint density at radius 2 is 1.77 bits per heavy atom. The zero-order chi connectivity index (χ0) is 16.3. The number of benzene rings is 2. The van der Waals surface area contributed by atoms with Crippen molar-refractivity contribution in [3.63, 3.8) is 0 Å². The number of halogens is 2. The maximum Gasteiger partial charge on any atom is 0.349 e. The van der Waals surface area contributed by atoms with Gasteiger partial charge in [-0.1, -0.05) is 17.7 Å². The molecule has 0 unspecified atom stereocenters. The van der Waals surface area contributed by atoms with Crippen LogP contribution < -0.4 is 9.47 Å². The molecule has 0 aliphatic rings. The first kappa shape index (κ1) is 16.8. The zero-order valence-electron chi connectivity index (χ0n) is 12.6. The molecule has 0 aliphatic heterocycles. The van der Waals surface area contributed by atoms with Crippen molar-refractivity contribution in [3.8, 4) is 11.5 Å². The Balaban J connectivity index is 1.98. The second kappa shape index (κ2) is 7.16. The van der Waals surface area contributed by atoms with Crippen LogP contribution in [0.2, 0.25) is 5.02 Å². The van der Waals surface area contributed by atoms with Crippen molar-refractivity contribution in [1.82, 2.24) is 0 Å². The first-order chi connectivity index (χ1) is 10.4. The fourth-order valence-corrected chi connectivity index (χ4v) is 2.66. The van der Waals surface area contributed by atoms with Gasteiger partial charge in [-0.25, -0.2) is 4.79 Å². The minimum Gasteiger partial charge on any atom is -0.482 e. The van der Waals surface area contributed by atoms with Crippen molar-refractivity contribution < 1.29 is 14.3 Å². The normalized spacial score (nSPS) is 10.4. The Hall–Kier alpha value is -1.52. The lowest BCUT2D eigenvalue weighted by Crippen LogP contribution is -2.18. The van der Waals surface area contributed by atoms with E-state index in [4.69, 9.17) is 21.1 Å². The van der Waals surface area contributed by atoms with Crippen LogP contribution >= 0.6 is 27.5 Å². The first-order valence-electron chi connectivity index (χ1n) is 6.73. The standard InChI is InChI=1S/C17H16BrClO3/c1-10-4-5-15(14(18)6-10)22-16(20)9-21-13-7-11(2)17(19)12(3)8-13/h4-8H,9H2,1-3H3. The van der Waals surface area contributed by atoms with Crippen LogP contribution in [0.5, 0.6) is 11.5 Å². The highest BCUT2D eigenvalue weighted by Crippen LogP contribution is 2.27. The van der Waals surface area contributed by atoms with Gasteiger partial charge in [-0.05, 0) is 77.7 Å². The number of ether oxygens (including phenoxy) is 2. The van der Waals surface area contributed by atoms with E-state index in [2.05, 4.69) is 15.9 Å². The summed E-state index contributed by atoms with van der Waals surface area (Å²) in [6.45, 7) is 5.58. The van der Waals surface area contributed by atoms with Gasteiger partial charge in [0.1, 0.15) is 11.5 Å². The lowest BCUT2D eigenvalue weighted by atomic mass is 10.1. The fourth-order valence-electron chi connectivity index (χ4n) is 1.97. The molecule has 2 aromatic rings. The monoisotopic (exact) mass is 382 g/mol. The summed E-state index contributed by atoms with van der Waals surface area (Å²) >= 11 is 9.46. The van der Waals surface area contributed by atoms with Gasteiger partial charge in [0.25, 0.3) is 0 Å². The van der Waals surface area contributed by atoms with Crippen LogP contribution in [0.3, 0.4) is 0 Å². The third-order valence-corrected chi connectivity index (χ3v) is 4.29. The highest BCUT2D eigenvalue weighted by atomic mass is 79.9. The van der Waals surface area contributed by atoms with Crippen molar-refractivity contribution in [2.45, 2.75) is 20.8 Å². The predicted octanol–water partition coefficient (Wildman–Crippen LogP) is 5.01. The van der Waals surface area contributed by atoms with Gasteiger partial charge in [-0.2, -0.15) is 0 Å². The molecule has 22 heavy (non-hydrogen) atoms. The summed E-state index contributed by atoms with van der Waals surface area (Å²) in [6.07, 6.45) is 0. The molecule has 0 atom stereocenters. The summed E-state index contributed by atoms with van der Waals surface area (Å²) in [5, 5.41) is 0.707. The Kier molecular flexibility index (Phi) is 5.48. The number of carbonyl (C=O) groups excluding carboxylic acids is 1. The summed E-state index contributed by atoms with van der Waals surface area (Å²) in [4.78, 5) is 11.9. The van der Waals surface area contributed by atoms with E-state index in [1.165, 1.54) is 0 Å². The quantitative estimate of drug-likeness (QED) is 0.550. The molecule has 0 aliphatic carbocycles. The van der Waals surface area contributed by atoms with E-state index in [-0.39, 0.29) is 6.61 Å². The SMILES string of the molecule is Cc1ccc(OC(=O)COc2cc(C)c(Cl)c(C)c2)c(Br)c1. The van der Waals surface area contributed by atoms with Crippen LogP contribution in [-0.2, 0) is 4.79 Å². The molecular weight excluding hydrogens is 368 g/mol. The van der Waals surface area contributed by atoms with Crippen molar-refractivity contribution in [2.24, 2.45) is 0 Å². The average molecular weight is 384 g/mol. The van der Waals surface area contributed by atoms with Gasteiger partial charge in [0.2, 0.25) is 0 Å². The van der Waals surface area contributed by atoms with E-state index in [9.17, 15) is 4.79 Å². The molecule has 0 fully saturated rings. The second-order valence-electron chi connectivity index (χ2n) is 5.07. The second-order valence-corrected chi connectivity index (χ2v) is 6.30. The Labute approximate surface area is 143 Å². The fraction of sp³-hybridized carbons (Fsp3) is 0.235. The maximum atomic E-state index is 11.9. The molecule has 3 nitrogen and oxygen atoms in total.